The summed E-state index contributed by atoms with van der Waals surface area (Å²) < 4.78 is 0. The van der Waals surface area contributed by atoms with Gasteiger partial charge in [0.1, 0.15) is 0 Å². The summed E-state index contributed by atoms with van der Waals surface area (Å²) in [6, 6.07) is 0. The van der Waals surface area contributed by atoms with E-state index in [0.29, 0.717) is 0 Å². The maximum Gasteiger partial charge on any atom is 0.0189 e. The van der Waals surface area contributed by atoms with Gasteiger partial charge in [-0.05, 0) is 38.5 Å². The third-order valence-corrected chi connectivity index (χ3v) is 6.25. The molecule has 0 radical (unpaired) electrons. The normalized spacial score (nSPS) is 32.0. The van der Waals surface area contributed by atoms with E-state index in [2.05, 4.69) is 45.9 Å². The molecular weight excluding hydrogens is 208 g/mol. The van der Waals surface area contributed by atoms with Gasteiger partial charge in [-0.2, -0.15) is 0 Å². The van der Waals surface area contributed by atoms with Crippen LogP contribution in [0, 0.1) is 0 Å². The van der Waals surface area contributed by atoms with Crippen LogP contribution in [0.2, 0.25) is 0 Å². The summed E-state index contributed by atoms with van der Waals surface area (Å²) in [5, 5.41) is 1.77. The summed E-state index contributed by atoms with van der Waals surface area (Å²) in [6.07, 6.45) is 17.3. The van der Waals surface area contributed by atoms with Gasteiger partial charge in [-0.15, -0.1) is 0 Å². The Morgan fingerprint density at radius 3 is 1.57 bits per heavy atom. The smallest absolute Gasteiger partial charge is 0.0189 e. The van der Waals surface area contributed by atoms with E-state index < -0.39 is 0 Å². The van der Waals surface area contributed by atoms with Gasteiger partial charge in [-0.3, -0.25) is 0 Å². The van der Waals surface area contributed by atoms with Crippen LogP contribution in [0.3, 0.4) is 0 Å². The largest absolute Gasteiger partial charge is 0.0901 e. The molecule has 0 amide bonds. The van der Waals surface area contributed by atoms with Crippen molar-refractivity contribution in [1.82, 2.24) is 0 Å². The van der Waals surface area contributed by atoms with Gasteiger partial charge < -0.3 is 0 Å². The van der Waals surface area contributed by atoms with Crippen LogP contribution in [-0.2, 0) is 0 Å². The summed E-state index contributed by atoms with van der Waals surface area (Å²) >= 11 is 0. The van der Waals surface area contributed by atoms with Crippen LogP contribution in [0.25, 0.3) is 0 Å². The molecule has 0 fully saturated rings. The molecule has 0 aliphatic heterocycles. The molecule has 2 rings (SSSR count). The van der Waals surface area contributed by atoms with E-state index in [1.54, 1.807) is 0 Å². The van der Waals surface area contributed by atoms with Crippen molar-refractivity contribution in [2.45, 2.75) is 49.0 Å². The van der Waals surface area contributed by atoms with Gasteiger partial charge in [0.25, 0.3) is 0 Å². The first-order valence-corrected chi connectivity index (χ1v) is 7.85. The quantitative estimate of drug-likeness (QED) is 0.510. The Labute approximate surface area is 95.0 Å². The molecule has 0 aromatic heterocycles. The lowest BCUT2D eigenvalue weighted by Crippen LogP contribution is -2.06. The molecule has 0 nitrogen and oxygen atoms in total. The predicted molar refractivity (Wildman–Crippen MR) is 68.7 cm³/mol. The molecule has 2 aliphatic carbocycles. The monoisotopic (exact) mass is 226 g/mol. The van der Waals surface area contributed by atoms with Crippen LogP contribution in [0.5, 0.6) is 0 Å². The van der Waals surface area contributed by atoms with Crippen molar-refractivity contribution in [1.29, 1.82) is 0 Å². The first-order chi connectivity index (χ1) is 6.95. The Bertz CT molecular complexity index is 196. The standard InChI is InChI=1S/C12H18S2/c1-3-7-11(8-4-1)13-14-12-9-5-2-6-10-12/h1-3,5,11-12H,4,6-10H2. The average molecular weight is 226 g/mol. The van der Waals surface area contributed by atoms with Crippen LogP contribution in [0.4, 0.5) is 0 Å². The van der Waals surface area contributed by atoms with Gasteiger partial charge in [-0.25, -0.2) is 0 Å². The zero-order chi connectivity index (χ0) is 9.64. The molecular formula is C12H18S2. The lowest BCUT2D eigenvalue weighted by atomic mass is 10.1. The maximum atomic E-state index is 2.35. The highest BCUT2D eigenvalue weighted by atomic mass is 33.1. The molecule has 0 bridgehead atoms. The summed E-state index contributed by atoms with van der Waals surface area (Å²) in [4.78, 5) is 0. The molecule has 2 unspecified atom stereocenters. The molecule has 0 saturated carbocycles. The zero-order valence-corrected chi connectivity index (χ0v) is 10.2. The Morgan fingerprint density at radius 1 is 0.714 bits per heavy atom. The summed E-state index contributed by atoms with van der Waals surface area (Å²) in [7, 11) is 4.27. The Balaban J connectivity index is 1.66. The SMILES string of the molecule is C1=CCC(SSC2CC=CCC2)CC1. The van der Waals surface area contributed by atoms with Crippen LogP contribution in [-0.4, -0.2) is 10.5 Å². The first-order valence-electron chi connectivity index (χ1n) is 5.57. The van der Waals surface area contributed by atoms with Crippen molar-refractivity contribution in [3.63, 3.8) is 0 Å². The zero-order valence-electron chi connectivity index (χ0n) is 8.52. The fraction of sp³-hybridized carbons (Fsp3) is 0.667. The van der Waals surface area contributed by atoms with Crippen molar-refractivity contribution in [2.24, 2.45) is 0 Å². The van der Waals surface area contributed by atoms with Crippen molar-refractivity contribution >= 4 is 21.6 Å². The second-order valence-electron chi connectivity index (χ2n) is 4.01. The minimum atomic E-state index is 0.885. The van der Waals surface area contributed by atoms with E-state index in [-0.39, 0.29) is 0 Å². The molecule has 2 aliphatic rings. The molecule has 0 spiro atoms. The molecule has 78 valence electrons. The van der Waals surface area contributed by atoms with Crippen LogP contribution in [0.1, 0.15) is 38.5 Å². The third-order valence-electron chi connectivity index (χ3n) is 2.77. The van der Waals surface area contributed by atoms with Gasteiger partial charge in [0.05, 0.1) is 0 Å². The van der Waals surface area contributed by atoms with E-state index in [0.717, 1.165) is 10.5 Å². The van der Waals surface area contributed by atoms with Crippen LogP contribution in [0.15, 0.2) is 24.3 Å². The van der Waals surface area contributed by atoms with Crippen molar-refractivity contribution in [2.75, 3.05) is 0 Å². The summed E-state index contributed by atoms with van der Waals surface area (Å²) in [5.41, 5.74) is 0. The molecule has 2 heteroatoms. The van der Waals surface area contributed by atoms with E-state index in [9.17, 15) is 0 Å². The Morgan fingerprint density at radius 2 is 1.21 bits per heavy atom. The van der Waals surface area contributed by atoms with E-state index >= 15 is 0 Å². The molecule has 0 aromatic carbocycles. The van der Waals surface area contributed by atoms with Gasteiger partial charge in [0, 0.05) is 10.5 Å². The lowest BCUT2D eigenvalue weighted by Gasteiger charge is -2.21. The van der Waals surface area contributed by atoms with Gasteiger partial charge in [0.15, 0.2) is 0 Å². The number of allylic oxidation sites excluding steroid dienone is 4. The number of rotatable bonds is 3. The van der Waals surface area contributed by atoms with Crippen molar-refractivity contribution in [3.05, 3.63) is 24.3 Å². The first kappa shape index (κ1) is 10.7. The second-order valence-corrected chi connectivity index (χ2v) is 6.88. The van der Waals surface area contributed by atoms with E-state index in [1.807, 2.05) is 0 Å². The van der Waals surface area contributed by atoms with E-state index in [4.69, 9.17) is 0 Å². The molecule has 0 aromatic rings. The summed E-state index contributed by atoms with van der Waals surface area (Å²) in [6.45, 7) is 0. The molecule has 0 heterocycles. The highest BCUT2D eigenvalue weighted by Crippen LogP contribution is 2.40. The summed E-state index contributed by atoms with van der Waals surface area (Å²) in [5.74, 6) is 0. The van der Waals surface area contributed by atoms with Crippen molar-refractivity contribution in [3.8, 4) is 0 Å². The van der Waals surface area contributed by atoms with Crippen LogP contribution < -0.4 is 0 Å². The van der Waals surface area contributed by atoms with E-state index in [1.165, 1.54) is 38.5 Å². The Kier molecular flexibility index (Phi) is 4.52. The fourth-order valence-corrected chi connectivity index (χ4v) is 5.01. The number of hydrogen-bond donors (Lipinski definition) is 0. The highest BCUT2D eigenvalue weighted by Gasteiger charge is 2.15. The second kappa shape index (κ2) is 5.92. The fourth-order valence-electron chi connectivity index (χ4n) is 1.86. The molecule has 0 saturated heterocycles. The third kappa shape index (κ3) is 3.39. The minimum Gasteiger partial charge on any atom is -0.0901 e. The Hall–Kier alpha value is 0.180. The molecule has 0 N–H and O–H groups in total. The molecule has 2 atom stereocenters. The maximum absolute atomic E-state index is 2.35. The molecule has 14 heavy (non-hydrogen) atoms. The van der Waals surface area contributed by atoms with Gasteiger partial charge >= 0.3 is 0 Å². The predicted octanol–water partition coefficient (Wildman–Crippen LogP) is 4.59. The van der Waals surface area contributed by atoms with Crippen LogP contribution >= 0.6 is 21.6 Å². The van der Waals surface area contributed by atoms with Crippen molar-refractivity contribution < 1.29 is 0 Å². The van der Waals surface area contributed by atoms with Gasteiger partial charge in [0.2, 0.25) is 0 Å². The number of hydrogen-bond acceptors (Lipinski definition) is 2. The highest BCUT2D eigenvalue weighted by molar-refractivity contribution is 8.77. The minimum absolute atomic E-state index is 0.885. The lowest BCUT2D eigenvalue weighted by molar-refractivity contribution is 0.746. The average Bonchev–Trinajstić information content (AvgIpc) is 2.29. The topological polar surface area (TPSA) is 0 Å². The van der Waals surface area contributed by atoms with Gasteiger partial charge in [-0.1, -0.05) is 45.9 Å².